The second kappa shape index (κ2) is 6.35. The Morgan fingerprint density at radius 2 is 1.88 bits per heavy atom. The monoisotopic (exact) mass is 236 g/mol. The predicted octanol–water partition coefficient (Wildman–Crippen LogP) is 3.09. The first-order chi connectivity index (χ1) is 8.10. The molecular formula is C13H20N2O2. The first kappa shape index (κ1) is 13.6. The molecule has 0 saturated heterocycles. The van der Waals surface area contributed by atoms with Crippen LogP contribution in [0.25, 0.3) is 0 Å². The SMILES string of the molecule is CCNC(C)C(CC)c1ccc([N+](=O)[O-])cc1. The van der Waals surface area contributed by atoms with E-state index in [1.807, 2.05) is 12.1 Å². The Morgan fingerprint density at radius 3 is 2.29 bits per heavy atom. The van der Waals surface area contributed by atoms with Crippen molar-refractivity contribution in [1.82, 2.24) is 5.32 Å². The van der Waals surface area contributed by atoms with Crippen LogP contribution in [-0.4, -0.2) is 17.5 Å². The van der Waals surface area contributed by atoms with Gasteiger partial charge in [0.2, 0.25) is 0 Å². The van der Waals surface area contributed by atoms with E-state index >= 15 is 0 Å². The molecule has 0 fully saturated rings. The molecule has 0 aromatic heterocycles. The van der Waals surface area contributed by atoms with Crippen LogP contribution in [0.4, 0.5) is 5.69 Å². The second-order valence-electron chi connectivity index (χ2n) is 4.21. The lowest BCUT2D eigenvalue weighted by Gasteiger charge is -2.23. The summed E-state index contributed by atoms with van der Waals surface area (Å²) in [4.78, 5) is 10.2. The van der Waals surface area contributed by atoms with E-state index in [2.05, 4.69) is 26.1 Å². The summed E-state index contributed by atoms with van der Waals surface area (Å²) in [7, 11) is 0. The molecule has 0 bridgehead atoms. The number of non-ortho nitro benzene ring substituents is 1. The van der Waals surface area contributed by atoms with Crippen LogP contribution in [0, 0.1) is 10.1 Å². The fraction of sp³-hybridized carbons (Fsp3) is 0.538. The van der Waals surface area contributed by atoms with Gasteiger partial charge in [-0.3, -0.25) is 10.1 Å². The zero-order valence-corrected chi connectivity index (χ0v) is 10.6. The third-order valence-corrected chi connectivity index (χ3v) is 3.10. The summed E-state index contributed by atoms with van der Waals surface area (Å²) in [5, 5.41) is 14.0. The molecule has 94 valence electrons. The minimum Gasteiger partial charge on any atom is -0.314 e. The van der Waals surface area contributed by atoms with Crippen LogP contribution in [0.1, 0.15) is 38.7 Å². The lowest BCUT2D eigenvalue weighted by atomic mass is 9.90. The lowest BCUT2D eigenvalue weighted by Crippen LogP contribution is -2.31. The van der Waals surface area contributed by atoms with E-state index in [1.54, 1.807) is 12.1 Å². The molecule has 0 radical (unpaired) electrons. The van der Waals surface area contributed by atoms with Crippen molar-refractivity contribution in [1.29, 1.82) is 0 Å². The molecule has 4 heteroatoms. The van der Waals surface area contributed by atoms with Gasteiger partial charge in [-0.2, -0.15) is 0 Å². The maximum Gasteiger partial charge on any atom is 0.269 e. The number of nitro benzene ring substituents is 1. The van der Waals surface area contributed by atoms with Gasteiger partial charge in [-0.05, 0) is 31.4 Å². The Hall–Kier alpha value is -1.42. The Balaban J connectivity index is 2.85. The average Bonchev–Trinajstić information content (AvgIpc) is 2.31. The average molecular weight is 236 g/mol. The van der Waals surface area contributed by atoms with E-state index in [9.17, 15) is 10.1 Å². The van der Waals surface area contributed by atoms with Gasteiger partial charge >= 0.3 is 0 Å². The second-order valence-corrected chi connectivity index (χ2v) is 4.21. The van der Waals surface area contributed by atoms with Crippen molar-refractivity contribution in [2.75, 3.05) is 6.54 Å². The number of hydrogen-bond donors (Lipinski definition) is 1. The van der Waals surface area contributed by atoms with Gasteiger partial charge in [0.1, 0.15) is 0 Å². The molecule has 1 aromatic rings. The molecule has 4 nitrogen and oxygen atoms in total. The fourth-order valence-electron chi connectivity index (χ4n) is 2.19. The van der Waals surface area contributed by atoms with E-state index in [-0.39, 0.29) is 10.6 Å². The van der Waals surface area contributed by atoms with E-state index in [0.29, 0.717) is 12.0 Å². The summed E-state index contributed by atoms with van der Waals surface area (Å²) in [6, 6.07) is 7.26. The molecule has 0 amide bonds. The Bertz CT molecular complexity index is 362. The number of hydrogen-bond acceptors (Lipinski definition) is 3. The molecule has 0 saturated carbocycles. The number of benzene rings is 1. The van der Waals surface area contributed by atoms with Crippen LogP contribution in [0.5, 0.6) is 0 Å². The van der Waals surface area contributed by atoms with Crippen molar-refractivity contribution in [3.8, 4) is 0 Å². The molecule has 17 heavy (non-hydrogen) atoms. The Labute approximate surface area is 102 Å². The third-order valence-electron chi connectivity index (χ3n) is 3.10. The molecule has 1 rings (SSSR count). The van der Waals surface area contributed by atoms with Gasteiger partial charge in [-0.15, -0.1) is 0 Å². The summed E-state index contributed by atoms with van der Waals surface area (Å²) in [5.41, 5.74) is 1.31. The number of nitrogens with zero attached hydrogens (tertiary/aromatic N) is 1. The first-order valence-corrected chi connectivity index (χ1v) is 6.07. The predicted molar refractivity (Wildman–Crippen MR) is 69.3 cm³/mol. The Morgan fingerprint density at radius 1 is 1.29 bits per heavy atom. The van der Waals surface area contributed by atoms with Gasteiger partial charge in [0.25, 0.3) is 5.69 Å². The first-order valence-electron chi connectivity index (χ1n) is 6.07. The molecule has 0 heterocycles. The molecule has 0 aliphatic heterocycles. The van der Waals surface area contributed by atoms with Crippen LogP contribution in [0.3, 0.4) is 0 Å². The van der Waals surface area contributed by atoms with E-state index in [0.717, 1.165) is 18.5 Å². The van der Waals surface area contributed by atoms with Crippen molar-refractivity contribution in [2.24, 2.45) is 0 Å². The van der Waals surface area contributed by atoms with Crippen molar-refractivity contribution in [3.63, 3.8) is 0 Å². The van der Waals surface area contributed by atoms with E-state index < -0.39 is 0 Å². The van der Waals surface area contributed by atoms with Gasteiger partial charge in [-0.1, -0.05) is 26.0 Å². The quantitative estimate of drug-likeness (QED) is 0.610. The maximum atomic E-state index is 10.6. The molecule has 0 aliphatic rings. The van der Waals surface area contributed by atoms with Crippen LogP contribution in [-0.2, 0) is 0 Å². The molecule has 1 N–H and O–H groups in total. The Kier molecular flexibility index (Phi) is 5.10. The fourth-order valence-corrected chi connectivity index (χ4v) is 2.19. The van der Waals surface area contributed by atoms with Crippen molar-refractivity contribution in [3.05, 3.63) is 39.9 Å². The van der Waals surface area contributed by atoms with E-state index in [4.69, 9.17) is 0 Å². The minimum absolute atomic E-state index is 0.153. The topological polar surface area (TPSA) is 55.2 Å². The van der Waals surface area contributed by atoms with Crippen LogP contribution in [0.15, 0.2) is 24.3 Å². The minimum atomic E-state index is -0.363. The van der Waals surface area contributed by atoms with E-state index in [1.165, 1.54) is 0 Å². The number of nitro groups is 1. The maximum absolute atomic E-state index is 10.6. The highest BCUT2D eigenvalue weighted by atomic mass is 16.6. The van der Waals surface area contributed by atoms with Gasteiger partial charge in [-0.25, -0.2) is 0 Å². The van der Waals surface area contributed by atoms with Crippen molar-refractivity contribution >= 4 is 5.69 Å². The van der Waals surface area contributed by atoms with Crippen LogP contribution < -0.4 is 5.32 Å². The summed E-state index contributed by atoms with van der Waals surface area (Å²) in [5.74, 6) is 0.399. The lowest BCUT2D eigenvalue weighted by molar-refractivity contribution is -0.384. The molecule has 2 unspecified atom stereocenters. The van der Waals surface area contributed by atoms with Crippen LogP contribution >= 0.6 is 0 Å². The zero-order valence-electron chi connectivity index (χ0n) is 10.6. The van der Waals surface area contributed by atoms with Gasteiger partial charge in [0.05, 0.1) is 4.92 Å². The van der Waals surface area contributed by atoms with Gasteiger partial charge in [0.15, 0.2) is 0 Å². The summed E-state index contributed by atoms with van der Waals surface area (Å²) < 4.78 is 0. The number of likely N-dealkylation sites (N-methyl/N-ethyl adjacent to an activating group) is 1. The normalized spacial score (nSPS) is 14.3. The molecule has 2 atom stereocenters. The van der Waals surface area contributed by atoms with Crippen LogP contribution in [0.2, 0.25) is 0 Å². The standard InChI is InChI=1S/C13H20N2O2/c1-4-13(10(3)14-5-2)11-6-8-12(9-7-11)15(16)17/h6-10,13-14H,4-5H2,1-3H3. The smallest absolute Gasteiger partial charge is 0.269 e. The summed E-state index contributed by atoms with van der Waals surface area (Å²) >= 11 is 0. The highest BCUT2D eigenvalue weighted by Crippen LogP contribution is 2.25. The number of nitrogens with one attached hydrogen (secondary N) is 1. The molecular weight excluding hydrogens is 216 g/mol. The zero-order chi connectivity index (χ0) is 12.8. The highest BCUT2D eigenvalue weighted by Gasteiger charge is 2.17. The van der Waals surface area contributed by atoms with Gasteiger partial charge < -0.3 is 5.32 Å². The molecule has 0 spiro atoms. The third kappa shape index (κ3) is 3.53. The molecule has 0 aliphatic carbocycles. The van der Waals surface area contributed by atoms with Gasteiger partial charge in [0, 0.05) is 18.2 Å². The number of rotatable bonds is 6. The van der Waals surface area contributed by atoms with Crippen molar-refractivity contribution in [2.45, 2.75) is 39.2 Å². The largest absolute Gasteiger partial charge is 0.314 e. The highest BCUT2D eigenvalue weighted by molar-refractivity contribution is 5.34. The summed E-state index contributed by atoms with van der Waals surface area (Å²) in [6.45, 7) is 7.31. The van der Waals surface area contributed by atoms with Crippen molar-refractivity contribution < 1.29 is 4.92 Å². The summed E-state index contributed by atoms with van der Waals surface area (Å²) in [6.07, 6.45) is 1.02. The molecule has 1 aromatic carbocycles.